The molecule has 0 saturated heterocycles. The molecule has 21 heavy (non-hydrogen) atoms. The Morgan fingerprint density at radius 3 is 2.67 bits per heavy atom. The molecule has 2 rings (SSSR count). The summed E-state index contributed by atoms with van der Waals surface area (Å²) in [5.41, 5.74) is 4.47. The number of nitrogens with zero attached hydrogens (tertiary/aromatic N) is 1. The normalized spacial score (nSPS) is 10.6. The van der Waals surface area contributed by atoms with Crippen LogP contribution in [0.15, 0.2) is 36.4 Å². The van der Waals surface area contributed by atoms with Crippen molar-refractivity contribution in [3.8, 4) is 5.75 Å². The molecule has 1 aromatic heterocycles. The Balaban J connectivity index is 2.06. The number of aromatic nitrogens is 1. The van der Waals surface area contributed by atoms with Crippen LogP contribution in [-0.4, -0.2) is 11.5 Å². The van der Waals surface area contributed by atoms with Crippen molar-refractivity contribution in [3.63, 3.8) is 0 Å². The molecule has 0 bridgehead atoms. The third-order valence-electron chi connectivity index (χ3n) is 3.44. The fourth-order valence-electron chi connectivity index (χ4n) is 2.17. The second kappa shape index (κ2) is 7.79. The van der Waals surface area contributed by atoms with Crippen LogP contribution in [0.3, 0.4) is 0 Å². The van der Waals surface area contributed by atoms with E-state index in [1.54, 1.807) is 0 Å². The van der Waals surface area contributed by atoms with Crippen molar-refractivity contribution in [2.45, 2.75) is 40.3 Å². The topological polar surface area (TPSA) is 34.2 Å². The Bertz CT molecular complexity index is 581. The first-order chi connectivity index (χ1) is 10.2. The van der Waals surface area contributed by atoms with Crippen LogP contribution in [0.4, 0.5) is 0 Å². The maximum absolute atomic E-state index is 5.99. The standard InChI is InChI=1S/C18H24N2O/c1-4-11-19-12-17-18(10-9-15(3)20-17)21-13-16-8-6-5-7-14(16)2/h5-10,19H,4,11-13H2,1-3H3. The molecule has 0 aliphatic heterocycles. The second-order valence-electron chi connectivity index (χ2n) is 5.29. The molecule has 0 saturated carbocycles. The fourth-order valence-corrected chi connectivity index (χ4v) is 2.17. The van der Waals surface area contributed by atoms with Gasteiger partial charge >= 0.3 is 0 Å². The van der Waals surface area contributed by atoms with Crippen LogP contribution in [0.25, 0.3) is 0 Å². The van der Waals surface area contributed by atoms with E-state index in [2.05, 4.69) is 36.3 Å². The maximum Gasteiger partial charge on any atom is 0.142 e. The number of hydrogen-bond donors (Lipinski definition) is 1. The van der Waals surface area contributed by atoms with Gasteiger partial charge in [0.2, 0.25) is 0 Å². The van der Waals surface area contributed by atoms with Crippen molar-refractivity contribution in [2.75, 3.05) is 6.54 Å². The zero-order valence-corrected chi connectivity index (χ0v) is 13.1. The van der Waals surface area contributed by atoms with E-state index in [1.807, 2.05) is 31.2 Å². The van der Waals surface area contributed by atoms with Gasteiger partial charge in [-0.05, 0) is 50.1 Å². The Labute approximate surface area is 127 Å². The van der Waals surface area contributed by atoms with E-state index >= 15 is 0 Å². The molecule has 0 aliphatic carbocycles. The molecule has 0 unspecified atom stereocenters. The van der Waals surface area contributed by atoms with Crippen LogP contribution in [-0.2, 0) is 13.2 Å². The van der Waals surface area contributed by atoms with Gasteiger partial charge in [-0.3, -0.25) is 4.98 Å². The first-order valence-corrected chi connectivity index (χ1v) is 7.55. The molecule has 112 valence electrons. The molecule has 1 aromatic carbocycles. The summed E-state index contributed by atoms with van der Waals surface area (Å²) in [6.07, 6.45) is 1.12. The average molecular weight is 284 g/mol. The predicted molar refractivity (Wildman–Crippen MR) is 86.5 cm³/mol. The summed E-state index contributed by atoms with van der Waals surface area (Å²) in [6, 6.07) is 12.3. The highest BCUT2D eigenvalue weighted by molar-refractivity contribution is 5.31. The van der Waals surface area contributed by atoms with Gasteiger partial charge in [0.15, 0.2) is 0 Å². The number of hydrogen-bond acceptors (Lipinski definition) is 3. The minimum Gasteiger partial charge on any atom is -0.487 e. The highest BCUT2D eigenvalue weighted by Gasteiger charge is 2.07. The smallest absolute Gasteiger partial charge is 0.142 e. The van der Waals surface area contributed by atoms with Crippen molar-refractivity contribution < 1.29 is 4.74 Å². The van der Waals surface area contributed by atoms with Gasteiger partial charge in [-0.1, -0.05) is 31.2 Å². The number of nitrogens with one attached hydrogen (secondary N) is 1. The lowest BCUT2D eigenvalue weighted by molar-refractivity contribution is 0.299. The molecule has 0 amide bonds. The number of benzene rings is 1. The molecule has 0 radical (unpaired) electrons. The summed E-state index contributed by atoms with van der Waals surface area (Å²) in [6.45, 7) is 8.60. The lowest BCUT2D eigenvalue weighted by Crippen LogP contribution is -2.16. The van der Waals surface area contributed by atoms with Crippen molar-refractivity contribution in [1.82, 2.24) is 10.3 Å². The second-order valence-corrected chi connectivity index (χ2v) is 5.29. The van der Waals surface area contributed by atoms with Crippen LogP contribution in [0, 0.1) is 13.8 Å². The quantitative estimate of drug-likeness (QED) is 0.786. The van der Waals surface area contributed by atoms with Gasteiger partial charge in [0.1, 0.15) is 12.4 Å². The zero-order valence-electron chi connectivity index (χ0n) is 13.1. The van der Waals surface area contributed by atoms with E-state index in [0.717, 1.165) is 36.6 Å². The average Bonchev–Trinajstić information content (AvgIpc) is 2.48. The van der Waals surface area contributed by atoms with Crippen LogP contribution in [0.2, 0.25) is 0 Å². The van der Waals surface area contributed by atoms with Crippen LogP contribution >= 0.6 is 0 Å². The molecule has 0 atom stereocenters. The third kappa shape index (κ3) is 4.57. The van der Waals surface area contributed by atoms with Gasteiger partial charge in [0.25, 0.3) is 0 Å². The van der Waals surface area contributed by atoms with E-state index < -0.39 is 0 Å². The summed E-state index contributed by atoms with van der Waals surface area (Å²) in [7, 11) is 0. The molecule has 3 heteroatoms. The number of aryl methyl sites for hydroxylation is 2. The first-order valence-electron chi connectivity index (χ1n) is 7.55. The molecular weight excluding hydrogens is 260 g/mol. The van der Waals surface area contributed by atoms with Crippen molar-refractivity contribution in [1.29, 1.82) is 0 Å². The van der Waals surface area contributed by atoms with E-state index in [-0.39, 0.29) is 0 Å². The summed E-state index contributed by atoms with van der Waals surface area (Å²) in [5.74, 6) is 0.868. The van der Waals surface area contributed by atoms with E-state index in [0.29, 0.717) is 6.61 Å². The molecule has 1 heterocycles. The molecule has 0 fully saturated rings. The summed E-state index contributed by atoms with van der Waals surface area (Å²) >= 11 is 0. The van der Waals surface area contributed by atoms with Crippen LogP contribution < -0.4 is 10.1 Å². The van der Waals surface area contributed by atoms with Gasteiger partial charge in [-0.2, -0.15) is 0 Å². The van der Waals surface area contributed by atoms with Crippen LogP contribution in [0.1, 0.15) is 35.9 Å². The van der Waals surface area contributed by atoms with Gasteiger partial charge < -0.3 is 10.1 Å². The van der Waals surface area contributed by atoms with E-state index in [9.17, 15) is 0 Å². The predicted octanol–water partition coefficient (Wildman–Crippen LogP) is 3.78. The number of rotatable bonds is 7. The fraction of sp³-hybridized carbons (Fsp3) is 0.389. The van der Waals surface area contributed by atoms with E-state index in [1.165, 1.54) is 11.1 Å². The molecule has 2 aromatic rings. The first kappa shape index (κ1) is 15.5. The summed E-state index contributed by atoms with van der Waals surface area (Å²) in [4.78, 5) is 4.59. The zero-order chi connectivity index (χ0) is 15.1. The van der Waals surface area contributed by atoms with Gasteiger partial charge in [-0.25, -0.2) is 0 Å². The summed E-state index contributed by atoms with van der Waals surface area (Å²) in [5, 5.41) is 3.39. The maximum atomic E-state index is 5.99. The Hall–Kier alpha value is -1.87. The Kier molecular flexibility index (Phi) is 5.76. The summed E-state index contributed by atoms with van der Waals surface area (Å²) < 4.78 is 5.99. The van der Waals surface area contributed by atoms with Gasteiger partial charge in [0.05, 0.1) is 5.69 Å². The molecule has 0 aliphatic rings. The number of pyridine rings is 1. The van der Waals surface area contributed by atoms with Crippen molar-refractivity contribution in [3.05, 3.63) is 58.9 Å². The minimum absolute atomic E-state index is 0.582. The van der Waals surface area contributed by atoms with Crippen LogP contribution in [0.5, 0.6) is 5.75 Å². The largest absolute Gasteiger partial charge is 0.487 e. The molecular formula is C18H24N2O. The molecule has 1 N–H and O–H groups in total. The minimum atomic E-state index is 0.582. The SMILES string of the molecule is CCCNCc1nc(C)ccc1OCc1ccccc1C. The lowest BCUT2D eigenvalue weighted by Gasteiger charge is -2.13. The highest BCUT2D eigenvalue weighted by Crippen LogP contribution is 2.19. The lowest BCUT2D eigenvalue weighted by atomic mass is 10.1. The van der Waals surface area contributed by atoms with E-state index in [4.69, 9.17) is 4.74 Å². The van der Waals surface area contributed by atoms with Crippen molar-refractivity contribution >= 4 is 0 Å². The van der Waals surface area contributed by atoms with Crippen molar-refractivity contribution in [2.24, 2.45) is 0 Å². The molecule has 0 spiro atoms. The van der Waals surface area contributed by atoms with Gasteiger partial charge in [0, 0.05) is 12.2 Å². The number of ether oxygens (including phenoxy) is 1. The Morgan fingerprint density at radius 1 is 1.10 bits per heavy atom. The monoisotopic (exact) mass is 284 g/mol. The molecule has 3 nitrogen and oxygen atoms in total. The van der Waals surface area contributed by atoms with Gasteiger partial charge in [-0.15, -0.1) is 0 Å². The highest BCUT2D eigenvalue weighted by atomic mass is 16.5. The Morgan fingerprint density at radius 2 is 1.90 bits per heavy atom. The third-order valence-corrected chi connectivity index (χ3v) is 3.44.